The lowest BCUT2D eigenvalue weighted by molar-refractivity contribution is -0.125. The zero-order valence-corrected chi connectivity index (χ0v) is 17.0. The van der Waals surface area contributed by atoms with E-state index in [0.717, 1.165) is 32.1 Å². The van der Waals surface area contributed by atoms with Crippen LogP contribution in [0.4, 0.5) is 15.8 Å². The molecule has 0 aromatic heterocycles. The van der Waals surface area contributed by atoms with E-state index in [1.165, 1.54) is 18.2 Å². The number of anilines is 2. The summed E-state index contributed by atoms with van der Waals surface area (Å²) in [5.41, 5.74) is 5.72. The van der Waals surface area contributed by atoms with Crippen LogP contribution in [0.25, 0.3) is 0 Å². The summed E-state index contributed by atoms with van der Waals surface area (Å²) < 4.78 is 14.1. The van der Waals surface area contributed by atoms with E-state index in [9.17, 15) is 14.0 Å². The predicted octanol–water partition coefficient (Wildman–Crippen LogP) is 4.47. The minimum absolute atomic E-state index is 0. The minimum atomic E-state index is -0.639. The molecule has 2 amide bonds. The lowest BCUT2D eigenvalue weighted by Gasteiger charge is -2.28. The van der Waals surface area contributed by atoms with E-state index in [4.69, 9.17) is 5.73 Å². The van der Waals surface area contributed by atoms with Gasteiger partial charge in [-0.05, 0) is 43.9 Å². The number of amides is 2. The van der Waals surface area contributed by atoms with Gasteiger partial charge >= 0.3 is 0 Å². The Morgan fingerprint density at radius 3 is 2.33 bits per heavy atom. The van der Waals surface area contributed by atoms with Gasteiger partial charge in [-0.3, -0.25) is 9.59 Å². The standard InChI is InChI=1S/C20H30FN3O2.ClH/c1-3-20(4-2,13-22)19(26)23-15-10-11-16(21)17(12-15)24-18(25)14-8-6-5-7-9-14;/h10-12,14H,3-9,13,22H2,1-2H3,(H,23,26)(H,24,25);1H. The Bertz CT molecular complexity index is 636. The summed E-state index contributed by atoms with van der Waals surface area (Å²) in [5, 5.41) is 5.50. The SMILES string of the molecule is CCC(CC)(CN)C(=O)Nc1ccc(F)c(NC(=O)C2CCCCC2)c1.Cl. The van der Waals surface area contributed by atoms with Gasteiger partial charge in [-0.15, -0.1) is 12.4 Å². The molecule has 0 heterocycles. The highest BCUT2D eigenvalue weighted by molar-refractivity contribution is 5.97. The molecule has 1 saturated carbocycles. The van der Waals surface area contributed by atoms with Crippen LogP contribution in [-0.4, -0.2) is 18.4 Å². The molecule has 0 saturated heterocycles. The smallest absolute Gasteiger partial charge is 0.231 e. The van der Waals surface area contributed by atoms with Gasteiger partial charge in [0.2, 0.25) is 11.8 Å². The molecule has 1 aromatic rings. The fourth-order valence-corrected chi connectivity index (χ4v) is 3.51. The molecule has 1 aromatic carbocycles. The second-order valence-corrected chi connectivity index (χ2v) is 7.16. The Morgan fingerprint density at radius 2 is 1.78 bits per heavy atom. The Hall–Kier alpha value is -1.66. The van der Waals surface area contributed by atoms with Gasteiger partial charge in [0.1, 0.15) is 5.82 Å². The van der Waals surface area contributed by atoms with Crippen molar-refractivity contribution in [3.63, 3.8) is 0 Å². The maximum atomic E-state index is 14.1. The van der Waals surface area contributed by atoms with Gasteiger partial charge in [-0.25, -0.2) is 4.39 Å². The van der Waals surface area contributed by atoms with Crippen molar-refractivity contribution in [1.29, 1.82) is 0 Å². The minimum Gasteiger partial charge on any atom is -0.329 e. The van der Waals surface area contributed by atoms with Crippen LogP contribution in [0.1, 0.15) is 58.8 Å². The second-order valence-electron chi connectivity index (χ2n) is 7.16. The van der Waals surface area contributed by atoms with Gasteiger partial charge in [0.05, 0.1) is 11.1 Å². The third-order valence-electron chi connectivity index (χ3n) is 5.68. The molecule has 7 heteroatoms. The van der Waals surface area contributed by atoms with Gasteiger partial charge in [-0.1, -0.05) is 33.1 Å². The van der Waals surface area contributed by atoms with E-state index < -0.39 is 11.2 Å². The number of halogens is 2. The topological polar surface area (TPSA) is 84.2 Å². The van der Waals surface area contributed by atoms with Crippen molar-refractivity contribution in [3.8, 4) is 0 Å². The summed E-state index contributed by atoms with van der Waals surface area (Å²) in [4.78, 5) is 25.0. The number of nitrogens with one attached hydrogen (secondary N) is 2. The fourth-order valence-electron chi connectivity index (χ4n) is 3.51. The van der Waals surface area contributed by atoms with Crippen LogP contribution in [0, 0.1) is 17.2 Å². The van der Waals surface area contributed by atoms with Gasteiger partial charge in [-0.2, -0.15) is 0 Å². The van der Waals surface area contributed by atoms with Crippen molar-refractivity contribution in [2.45, 2.75) is 58.8 Å². The van der Waals surface area contributed by atoms with E-state index in [2.05, 4.69) is 10.6 Å². The molecular weight excluding hydrogens is 369 g/mol. The van der Waals surface area contributed by atoms with Crippen molar-refractivity contribution in [2.75, 3.05) is 17.2 Å². The van der Waals surface area contributed by atoms with E-state index in [1.54, 1.807) is 0 Å². The number of hydrogen-bond acceptors (Lipinski definition) is 3. The zero-order chi connectivity index (χ0) is 19.2. The highest BCUT2D eigenvalue weighted by Crippen LogP contribution is 2.29. The van der Waals surface area contributed by atoms with E-state index >= 15 is 0 Å². The summed E-state index contributed by atoms with van der Waals surface area (Å²) >= 11 is 0. The van der Waals surface area contributed by atoms with Gasteiger partial charge in [0, 0.05) is 18.2 Å². The number of nitrogens with two attached hydrogens (primary N) is 1. The molecule has 0 bridgehead atoms. The summed E-state index contributed by atoms with van der Waals surface area (Å²) in [6, 6.07) is 4.23. The molecule has 2 rings (SSSR count). The first-order valence-electron chi connectivity index (χ1n) is 9.57. The first-order chi connectivity index (χ1) is 12.5. The Labute approximate surface area is 167 Å². The van der Waals surface area contributed by atoms with E-state index in [1.807, 2.05) is 13.8 Å². The first kappa shape index (κ1) is 23.4. The molecule has 1 fully saturated rings. The molecule has 27 heavy (non-hydrogen) atoms. The molecule has 1 aliphatic carbocycles. The molecule has 0 radical (unpaired) electrons. The van der Waals surface area contributed by atoms with Gasteiger partial charge in [0.15, 0.2) is 0 Å². The van der Waals surface area contributed by atoms with E-state index in [-0.39, 0.29) is 42.4 Å². The van der Waals surface area contributed by atoms with Crippen molar-refractivity contribution in [2.24, 2.45) is 17.1 Å². The molecule has 152 valence electrons. The third-order valence-corrected chi connectivity index (χ3v) is 5.68. The Morgan fingerprint density at radius 1 is 1.15 bits per heavy atom. The second kappa shape index (κ2) is 10.6. The molecule has 0 spiro atoms. The van der Waals surface area contributed by atoms with Crippen LogP contribution < -0.4 is 16.4 Å². The van der Waals surface area contributed by atoms with Crippen LogP contribution in [0.5, 0.6) is 0 Å². The van der Waals surface area contributed by atoms with Gasteiger partial charge < -0.3 is 16.4 Å². The number of carbonyl (C=O) groups excluding carboxylic acids is 2. The average Bonchev–Trinajstić information content (AvgIpc) is 2.67. The zero-order valence-electron chi connectivity index (χ0n) is 16.1. The molecule has 4 N–H and O–H groups in total. The lowest BCUT2D eigenvalue weighted by atomic mass is 9.81. The van der Waals surface area contributed by atoms with Crippen LogP contribution in [0.15, 0.2) is 18.2 Å². The fraction of sp³-hybridized carbons (Fsp3) is 0.600. The monoisotopic (exact) mass is 399 g/mol. The molecule has 0 unspecified atom stereocenters. The summed E-state index contributed by atoms with van der Waals surface area (Å²) in [5.74, 6) is -0.902. The molecule has 0 aliphatic heterocycles. The summed E-state index contributed by atoms with van der Waals surface area (Å²) in [6.45, 7) is 4.10. The highest BCUT2D eigenvalue weighted by atomic mass is 35.5. The van der Waals surface area contributed by atoms with Crippen LogP contribution in [0.3, 0.4) is 0 Å². The number of benzene rings is 1. The number of rotatable bonds is 7. The first-order valence-corrected chi connectivity index (χ1v) is 9.57. The number of hydrogen-bond donors (Lipinski definition) is 3. The predicted molar refractivity (Wildman–Crippen MR) is 110 cm³/mol. The van der Waals surface area contributed by atoms with Gasteiger partial charge in [0.25, 0.3) is 0 Å². The molecule has 0 atom stereocenters. The quantitative estimate of drug-likeness (QED) is 0.632. The molecule has 5 nitrogen and oxygen atoms in total. The van der Waals surface area contributed by atoms with Crippen molar-refractivity contribution < 1.29 is 14.0 Å². The number of carbonyl (C=O) groups is 2. The maximum absolute atomic E-state index is 14.1. The molecular formula is C20H31ClFN3O2. The van der Waals surface area contributed by atoms with E-state index in [0.29, 0.717) is 18.5 Å². The van der Waals surface area contributed by atoms with Crippen LogP contribution in [0.2, 0.25) is 0 Å². The van der Waals surface area contributed by atoms with Crippen LogP contribution in [-0.2, 0) is 9.59 Å². The third kappa shape index (κ3) is 5.66. The van der Waals surface area contributed by atoms with Crippen LogP contribution >= 0.6 is 12.4 Å². The Balaban J connectivity index is 0.00000364. The van der Waals surface area contributed by atoms with Crippen molar-refractivity contribution in [1.82, 2.24) is 0 Å². The van der Waals surface area contributed by atoms with Crippen molar-refractivity contribution >= 4 is 35.6 Å². The lowest BCUT2D eigenvalue weighted by Crippen LogP contribution is -2.41. The Kier molecular flexibility index (Phi) is 9.19. The maximum Gasteiger partial charge on any atom is 0.231 e. The molecule has 1 aliphatic rings. The normalized spacial score (nSPS) is 15.0. The largest absolute Gasteiger partial charge is 0.329 e. The van der Waals surface area contributed by atoms with Crippen molar-refractivity contribution in [3.05, 3.63) is 24.0 Å². The average molecular weight is 400 g/mol. The highest BCUT2D eigenvalue weighted by Gasteiger charge is 2.33. The summed E-state index contributed by atoms with van der Waals surface area (Å²) in [6.07, 6.45) is 6.15. The summed E-state index contributed by atoms with van der Waals surface area (Å²) in [7, 11) is 0.